The molecule has 0 fully saturated rings. The van der Waals surface area contributed by atoms with Gasteiger partial charge < -0.3 is 0 Å². The third-order valence-electron chi connectivity index (χ3n) is 4.08. The zero-order valence-corrected chi connectivity index (χ0v) is 15.6. The molecular weight excluding hydrogens is 298 g/mol. The molecule has 1 N–H and O–H groups in total. The summed E-state index contributed by atoms with van der Waals surface area (Å²) in [4.78, 5) is 12.2. The molecule has 1 atom stereocenters. The zero-order valence-electron chi connectivity index (χ0n) is 15.6. The van der Waals surface area contributed by atoms with E-state index >= 15 is 0 Å². The second-order valence-corrected chi connectivity index (χ2v) is 8.38. The van der Waals surface area contributed by atoms with Crippen molar-refractivity contribution in [3.05, 3.63) is 64.1 Å². The lowest BCUT2D eigenvalue weighted by Crippen LogP contribution is -2.38. The molecule has 1 heterocycles. The molecule has 130 valence electrons. The largest absolute Gasteiger partial charge is 0.291 e. The van der Waals surface area contributed by atoms with Gasteiger partial charge in [-0.2, -0.15) is 5.10 Å². The highest BCUT2D eigenvalue weighted by Gasteiger charge is 2.26. The van der Waals surface area contributed by atoms with Crippen molar-refractivity contribution >= 4 is 0 Å². The van der Waals surface area contributed by atoms with Crippen LogP contribution in [0.1, 0.15) is 58.8 Å². The van der Waals surface area contributed by atoms with Crippen molar-refractivity contribution in [1.29, 1.82) is 0 Å². The van der Waals surface area contributed by atoms with Gasteiger partial charge in [0, 0.05) is 17.5 Å². The number of hydrogen-bond acceptors (Lipinski definition) is 3. The Bertz CT molecular complexity index is 721. The lowest BCUT2D eigenvalue weighted by molar-refractivity contribution is 0.249. The van der Waals surface area contributed by atoms with Crippen LogP contribution in [0, 0.1) is 5.41 Å². The first-order valence-electron chi connectivity index (χ1n) is 8.46. The maximum atomic E-state index is 12.2. The van der Waals surface area contributed by atoms with Crippen molar-refractivity contribution < 1.29 is 0 Å². The predicted molar refractivity (Wildman–Crippen MR) is 99.0 cm³/mol. The molecule has 0 saturated heterocycles. The summed E-state index contributed by atoms with van der Waals surface area (Å²) in [6.45, 7) is 13.3. The third kappa shape index (κ3) is 4.54. The van der Waals surface area contributed by atoms with Crippen LogP contribution >= 0.6 is 0 Å². The van der Waals surface area contributed by atoms with E-state index < -0.39 is 0 Å². The van der Waals surface area contributed by atoms with Crippen molar-refractivity contribution in [3.63, 3.8) is 0 Å². The first kappa shape index (κ1) is 18.4. The Labute approximate surface area is 144 Å². The summed E-state index contributed by atoms with van der Waals surface area (Å²) in [5.74, 6) is 0. The maximum Gasteiger partial charge on any atom is 0.267 e. The summed E-state index contributed by atoms with van der Waals surface area (Å²) in [7, 11) is 0. The summed E-state index contributed by atoms with van der Waals surface area (Å²) in [6.07, 6.45) is 0. The highest BCUT2D eigenvalue weighted by atomic mass is 16.1. The molecule has 4 nitrogen and oxygen atoms in total. The molecule has 0 saturated carbocycles. The standard InChI is InChI=1S/C20H29N3O/c1-19(2,3)16-12-13-17(24)23(22-16)14-21-18(20(4,5)6)15-10-8-7-9-11-15/h7-13,18,21H,14H2,1-6H3/t18-/m1/s1. The van der Waals surface area contributed by atoms with E-state index in [1.54, 1.807) is 6.07 Å². The molecule has 2 rings (SSSR count). The molecule has 0 amide bonds. The number of rotatable bonds is 4. The number of aromatic nitrogens is 2. The molecule has 4 heteroatoms. The molecular formula is C20H29N3O. The quantitative estimate of drug-likeness (QED) is 0.927. The Hall–Kier alpha value is -1.94. The average molecular weight is 327 g/mol. The normalized spacial score (nSPS) is 13.8. The van der Waals surface area contributed by atoms with Gasteiger partial charge in [-0.25, -0.2) is 4.68 Å². The molecule has 0 aliphatic heterocycles. The number of nitrogens with one attached hydrogen (secondary N) is 1. The molecule has 1 aromatic carbocycles. The Morgan fingerprint density at radius 2 is 1.62 bits per heavy atom. The first-order chi connectivity index (χ1) is 11.1. The predicted octanol–water partition coefficient (Wildman–Crippen LogP) is 3.88. The van der Waals surface area contributed by atoms with E-state index in [4.69, 9.17) is 0 Å². The van der Waals surface area contributed by atoms with E-state index in [1.807, 2.05) is 24.3 Å². The van der Waals surface area contributed by atoms with Gasteiger partial charge in [0.25, 0.3) is 5.56 Å². The lowest BCUT2D eigenvalue weighted by Gasteiger charge is -2.32. The molecule has 0 radical (unpaired) electrons. The van der Waals surface area contributed by atoms with Gasteiger partial charge in [0.2, 0.25) is 0 Å². The summed E-state index contributed by atoms with van der Waals surface area (Å²) in [5.41, 5.74) is 1.97. The number of benzene rings is 1. The first-order valence-corrected chi connectivity index (χ1v) is 8.46. The van der Waals surface area contributed by atoms with Gasteiger partial charge in [-0.3, -0.25) is 10.1 Å². The van der Waals surface area contributed by atoms with E-state index in [1.165, 1.54) is 10.2 Å². The van der Waals surface area contributed by atoms with Crippen LogP contribution < -0.4 is 10.9 Å². The SMILES string of the molecule is CC(C)(C)c1ccc(=O)n(CN[C@H](c2ccccc2)C(C)(C)C)n1. The van der Waals surface area contributed by atoms with Gasteiger partial charge in [0.1, 0.15) is 0 Å². The van der Waals surface area contributed by atoms with Crippen LogP contribution in [0.4, 0.5) is 0 Å². The molecule has 0 unspecified atom stereocenters. The minimum Gasteiger partial charge on any atom is -0.291 e. The Balaban J connectivity index is 2.26. The highest BCUT2D eigenvalue weighted by Crippen LogP contribution is 2.32. The molecule has 2 aromatic rings. The van der Waals surface area contributed by atoms with Crippen molar-refractivity contribution in [2.75, 3.05) is 0 Å². The van der Waals surface area contributed by atoms with E-state index in [0.29, 0.717) is 6.67 Å². The van der Waals surface area contributed by atoms with Crippen LogP contribution in [0.5, 0.6) is 0 Å². The molecule has 24 heavy (non-hydrogen) atoms. The number of hydrogen-bond donors (Lipinski definition) is 1. The Kier molecular flexibility index (Phi) is 5.29. The van der Waals surface area contributed by atoms with Crippen LogP contribution in [0.2, 0.25) is 0 Å². The maximum absolute atomic E-state index is 12.2. The van der Waals surface area contributed by atoms with Crippen molar-refractivity contribution in [1.82, 2.24) is 15.1 Å². The van der Waals surface area contributed by atoms with Crippen LogP contribution in [-0.2, 0) is 12.1 Å². The summed E-state index contributed by atoms with van der Waals surface area (Å²) in [5, 5.41) is 8.05. The Morgan fingerprint density at radius 3 is 2.17 bits per heavy atom. The van der Waals surface area contributed by atoms with E-state index in [2.05, 4.69) is 64.1 Å². The fourth-order valence-corrected chi connectivity index (χ4v) is 2.71. The van der Waals surface area contributed by atoms with E-state index in [0.717, 1.165) is 5.69 Å². The van der Waals surface area contributed by atoms with Gasteiger partial charge in [-0.15, -0.1) is 0 Å². The van der Waals surface area contributed by atoms with Gasteiger partial charge in [0.05, 0.1) is 12.4 Å². The van der Waals surface area contributed by atoms with E-state index in [-0.39, 0.29) is 22.4 Å². The topological polar surface area (TPSA) is 46.9 Å². The second kappa shape index (κ2) is 6.89. The number of nitrogens with zero attached hydrogens (tertiary/aromatic N) is 2. The van der Waals surface area contributed by atoms with Crippen LogP contribution in [0.3, 0.4) is 0 Å². The van der Waals surface area contributed by atoms with Crippen LogP contribution in [0.25, 0.3) is 0 Å². The minimum atomic E-state index is -0.0868. The fourth-order valence-electron chi connectivity index (χ4n) is 2.71. The van der Waals surface area contributed by atoms with Gasteiger partial charge in [-0.1, -0.05) is 71.9 Å². The minimum absolute atomic E-state index is 0.0204. The summed E-state index contributed by atoms with van der Waals surface area (Å²) in [6, 6.07) is 13.9. The third-order valence-corrected chi connectivity index (χ3v) is 4.08. The summed E-state index contributed by atoms with van der Waals surface area (Å²) < 4.78 is 1.52. The van der Waals surface area contributed by atoms with Crippen LogP contribution in [0.15, 0.2) is 47.3 Å². The molecule has 0 aliphatic rings. The van der Waals surface area contributed by atoms with Gasteiger partial charge >= 0.3 is 0 Å². The van der Waals surface area contributed by atoms with Crippen molar-refractivity contribution in [2.45, 2.75) is 59.7 Å². The average Bonchev–Trinajstić information content (AvgIpc) is 2.48. The van der Waals surface area contributed by atoms with E-state index in [9.17, 15) is 4.79 Å². The van der Waals surface area contributed by atoms with Crippen molar-refractivity contribution in [2.24, 2.45) is 5.41 Å². The monoisotopic (exact) mass is 327 g/mol. The molecule has 0 bridgehead atoms. The summed E-state index contributed by atoms with van der Waals surface area (Å²) >= 11 is 0. The molecule has 0 spiro atoms. The second-order valence-electron chi connectivity index (χ2n) is 8.38. The lowest BCUT2D eigenvalue weighted by atomic mass is 9.82. The van der Waals surface area contributed by atoms with Gasteiger partial charge in [0.15, 0.2) is 0 Å². The zero-order chi connectivity index (χ0) is 18.0. The van der Waals surface area contributed by atoms with Crippen LogP contribution in [-0.4, -0.2) is 9.78 Å². The van der Waals surface area contributed by atoms with Gasteiger partial charge in [-0.05, 0) is 17.0 Å². The molecule has 0 aliphatic carbocycles. The Morgan fingerprint density at radius 1 is 1.00 bits per heavy atom. The molecule has 1 aromatic heterocycles. The fraction of sp³-hybridized carbons (Fsp3) is 0.500. The van der Waals surface area contributed by atoms with Crippen molar-refractivity contribution in [3.8, 4) is 0 Å². The highest BCUT2D eigenvalue weighted by molar-refractivity contribution is 5.20. The smallest absolute Gasteiger partial charge is 0.267 e.